The van der Waals surface area contributed by atoms with E-state index in [1.165, 1.54) is 6.92 Å². The quantitative estimate of drug-likeness (QED) is 0.310. The summed E-state index contributed by atoms with van der Waals surface area (Å²) in [5.74, 6) is -2.79. The van der Waals surface area contributed by atoms with Crippen LogP contribution in [0.15, 0.2) is 18.2 Å². The summed E-state index contributed by atoms with van der Waals surface area (Å²) in [7, 11) is 0. The lowest BCUT2D eigenvalue weighted by atomic mass is 9.90. The summed E-state index contributed by atoms with van der Waals surface area (Å²) >= 11 is 1.12. The molecular formula is C23H28F5NO2S. The number of benzene rings is 2. The van der Waals surface area contributed by atoms with Gasteiger partial charge < -0.3 is 10.5 Å². The van der Waals surface area contributed by atoms with Gasteiger partial charge in [0.15, 0.2) is 0 Å². The monoisotopic (exact) mass is 477 g/mol. The van der Waals surface area contributed by atoms with Crippen LogP contribution in [-0.4, -0.2) is 24.2 Å². The van der Waals surface area contributed by atoms with Gasteiger partial charge in [-0.25, -0.2) is 8.78 Å². The first-order valence-corrected chi connectivity index (χ1v) is 11.1. The Balaban J connectivity index is 0.000000751. The van der Waals surface area contributed by atoms with Crippen molar-refractivity contribution >= 4 is 17.7 Å². The fourth-order valence-corrected chi connectivity index (χ4v) is 3.69. The molecule has 0 fully saturated rings. The highest BCUT2D eigenvalue weighted by molar-refractivity contribution is 7.99. The molecule has 0 radical (unpaired) electrons. The molecule has 32 heavy (non-hydrogen) atoms. The van der Waals surface area contributed by atoms with Crippen LogP contribution in [0.4, 0.5) is 22.0 Å². The van der Waals surface area contributed by atoms with Gasteiger partial charge in [0.1, 0.15) is 11.6 Å². The van der Waals surface area contributed by atoms with Gasteiger partial charge in [0.05, 0.1) is 17.5 Å². The average Bonchev–Trinajstić information content (AvgIpc) is 2.65. The minimum absolute atomic E-state index is 0.211. The summed E-state index contributed by atoms with van der Waals surface area (Å²) in [5.41, 5.74) is 5.87. The van der Waals surface area contributed by atoms with Gasteiger partial charge in [-0.2, -0.15) is 13.2 Å². The maximum Gasteiger partial charge on any atom is 0.419 e. The summed E-state index contributed by atoms with van der Waals surface area (Å²) in [6.45, 7) is 8.88. The predicted octanol–water partition coefficient (Wildman–Crippen LogP) is 6.34. The zero-order valence-corrected chi connectivity index (χ0v) is 19.7. The SMILES string of the molecule is CCOC(C)=O.CSC(N)Cc1c(F)c(-c2c(C)cc(C)cc2C)cc(C(F)(F)F)c1F. The molecule has 2 aromatic rings. The number of esters is 1. The van der Waals surface area contributed by atoms with E-state index in [0.29, 0.717) is 29.4 Å². The molecule has 0 saturated carbocycles. The Morgan fingerprint density at radius 3 is 2.00 bits per heavy atom. The molecule has 0 aromatic heterocycles. The van der Waals surface area contributed by atoms with Gasteiger partial charge in [0.2, 0.25) is 0 Å². The van der Waals surface area contributed by atoms with Gasteiger partial charge in [-0.15, -0.1) is 11.8 Å². The number of carbonyl (C=O) groups excluding carboxylic acids is 1. The fourth-order valence-electron chi connectivity index (χ4n) is 3.35. The Morgan fingerprint density at radius 2 is 1.62 bits per heavy atom. The summed E-state index contributed by atoms with van der Waals surface area (Å²) in [6, 6.07) is 4.07. The van der Waals surface area contributed by atoms with E-state index in [2.05, 4.69) is 4.74 Å². The van der Waals surface area contributed by atoms with Crippen LogP contribution in [0.25, 0.3) is 11.1 Å². The third-order valence-corrected chi connectivity index (χ3v) is 5.37. The van der Waals surface area contributed by atoms with Crippen LogP contribution >= 0.6 is 11.8 Å². The normalized spacial score (nSPS) is 12.1. The van der Waals surface area contributed by atoms with Crippen LogP contribution in [-0.2, 0) is 22.1 Å². The Labute approximate surface area is 189 Å². The number of carbonyl (C=O) groups is 1. The number of nitrogens with two attached hydrogens (primary N) is 1. The van der Waals surface area contributed by atoms with Crippen molar-refractivity contribution in [3.63, 3.8) is 0 Å². The van der Waals surface area contributed by atoms with Crippen LogP contribution in [0, 0.1) is 32.4 Å². The van der Waals surface area contributed by atoms with Crippen LogP contribution in [0.3, 0.4) is 0 Å². The van der Waals surface area contributed by atoms with Crippen molar-refractivity contribution in [1.29, 1.82) is 0 Å². The molecule has 178 valence electrons. The Kier molecular flexibility index (Phi) is 10.2. The molecule has 9 heteroatoms. The Bertz CT molecular complexity index is 937. The number of hydrogen-bond acceptors (Lipinski definition) is 4. The molecule has 2 rings (SSSR count). The van der Waals surface area contributed by atoms with Crippen LogP contribution < -0.4 is 5.73 Å². The van der Waals surface area contributed by atoms with E-state index in [0.717, 1.165) is 17.3 Å². The molecule has 0 aliphatic carbocycles. The van der Waals surface area contributed by atoms with E-state index in [4.69, 9.17) is 5.73 Å². The van der Waals surface area contributed by atoms with Crippen molar-refractivity contribution in [3.05, 3.63) is 57.7 Å². The number of alkyl halides is 3. The highest BCUT2D eigenvalue weighted by Crippen LogP contribution is 2.40. The van der Waals surface area contributed by atoms with Crippen LogP contribution in [0.5, 0.6) is 0 Å². The number of thioether (sulfide) groups is 1. The fraction of sp³-hybridized carbons (Fsp3) is 0.435. The van der Waals surface area contributed by atoms with E-state index >= 15 is 4.39 Å². The molecule has 1 atom stereocenters. The number of aryl methyl sites for hydroxylation is 3. The summed E-state index contributed by atoms with van der Waals surface area (Å²) in [5, 5.41) is -0.712. The smallest absolute Gasteiger partial charge is 0.419 e. The molecule has 0 bridgehead atoms. The van der Waals surface area contributed by atoms with Gasteiger partial charge in [0, 0.05) is 24.5 Å². The van der Waals surface area contributed by atoms with Crippen molar-refractivity contribution < 1.29 is 31.5 Å². The number of hydrogen-bond donors (Lipinski definition) is 1. The van der Waals surface area contributed by atoms with E-state index < -0.39 is 34.3 Å². The molecule has 0 heterocycles. The lowest BCUT2D eigenvalue weighted by molar-refractivity contribution is -0.141. The maximum atomic E-state index is 15.1. The molecule has 0 saturated heterocycles. The first-order chi connectivity index (χ1) is 14.7. The molecule has 0 spiro atoms. The van der Waals surface area contributed by atoms with Crippen molar-refractivity contribution in [2.75, 3.05) is 12.9 Å². The van der Waals surface area contributed by atoms with Gasteiger partial charge in [0.25, 0.3) is 0 Å². The molecular weight excluding hydrogens is 449 g/mol. The summed E-state index contributed by atoms with van der Waals surface area (Å²) < 4.78 is 74.0. The molecule has 1 unspecified atom stereocenters. The third kappa shape index (κ3) is 7.20. The van der Waals surface area contributed by atoms with Crippen molar-refractivity contribution in [2.45, 2.75) is 52.6 Å². The highest BCUT2D eigenvalue weighted by Gasteiger charge is 2.37. The molecule has 0 aliphatic heterocycles. The van der Waals surface area contributed by atoms with Crippen molar-refractivity contribution in [3.8, 4) is 11.1 Å². The Morgan fingerprint density at radius 1 is 1.09 bits per heavy atom. The zero-order chi connectivity index (χ0) is 24.8. The second-order valence-electron chi connectivity index (χ2n) is 7.25. The first-order valence-electron chi connectivity index (χ1n) is 9.82. The van der Waals surface area contributed by atoms with Crippen molar-refractivity contribution in [1.82, 2.24) is 0 Å². The first kappa shape index (κ1) is 27.9. The lowest BCUT2D eigenvalue weighted by Gasteiger charge is -2.20. The molecule has 0 aliphatic rings. The standard InChI is InChI=1S/C19H20F5NS.C4H8O2/c1-9-5-10(2)16(11(3)6-9)12-7-14(19(22,23)24)18(21)13(17(12)20)8-15(25)26-4;1-3-6-4(2)5/h5-7,15H,8,25H2,1-4H3;3H2,1-2H3. The zero-order valence-electron chi connectivity index (χ0n) is 18.9. The maximum absolute atomic E-state index is 15.1. The molecule has 2 aromatic carbocycles. The van der Waals surface area contributed by atoms with Gasteiger partial charge in [-0.05, 0) is 56.7 Å². The second kappa shape index (κ2) is 11.7. The summed E-state index contributed by atoms with van der Waals surface area (Å²) in [4.78, 5) is 9.82. The average molecular weight is 478 g/mol. The summed E-state index contributed by atoms with van der Waals surface area (Å²) in [6.07, 6.45) is -3.64. The van der Waals surface area contributed by atoms with Crippen LogP contribution in [0.2, 0.25) is 0 Å². The largest absolute Gasteiger partial charge is 0.466 e. The lowest BCUT2D eigenvalue weighted by Crippen LogP contribution is -2.21. The number of ether oxygens (including phenoxy) is 1. The minimum Gasteiger partial charge on any atom is -0.466 e. The highest BCUT2D eigenvalue weighted by atomic mass is 32.2. The third-order valence-electron chi connectivity index (χ3n) is 4.60. The van der Waals surface area contributed by atoms with Crippen molar-refractivity contribution in [2.24, 2.45) is 5.73 Å². The number of halogens is 5. The Hall–Kier alpha value is -2.13. The molecule has 2 N–H and O–H groups in total. The van der Waals surface area contributed by atoms with E-state index in [1.807, 2.05) is 6.92 Å². The van der Waals surface area contributed by atoms with Gasteiger partial charge in [-0.3, -0.25) is 4.79 Å². The van der Waals surface area contributed by atoms with E-state index in [-0.39, 0.29) is 18.0 Å². The minimum atomic E-state index is -4.93. The molecule has 0 amide bonds. The van der Waals surface area contributed by atoms with Gasteiger partial charge in [-0.1, -0.05) is 17.7 Å². The predicted molar refractivity (Wildman–Crippen MR) is 119 cm³/mol. The van der Waals surface area contributed by atoms with E-state index in [1.54, 1.807) is 39.2 Å². The number of rotatable bonds is 5. The van der Waals surface area contributed by atoms with Crippen LogP contribution in [0.1, 0.15) is 41.7 Å². The van der Waals surface area contributed by atoms with E-state index in [9.17, 15) is 22.4 Å². The molecule has 3 nitrogen and oxygen atoms in total. The topological polar surface area (TPSA) is 52.3 Å². The van der Waals surface area contributed by atoms with Gasteiger partial charge >= 0.3 is 12.1 Å². The second-order valence-corrected chi connectivity index (χ2v) is 8.33.